The third-order valence-corrected chi connectivity index (χ3v) is 5.97. The Labute approximate surface area is 172 Å². The van der Waals surface area contributed by atoms with Gasteiger partial charge < -0.3 is 9.73 Å². The second-order valence-corrected chi connectivity index (χ2v) is 8.05. The molecule has 5 rings (SSSR count). The Morgan fingerprint density at radius 1 is 1.14 bits per heavy atom. The smallest absolute Gasteiger partial charge is 0.279 e. The zero-order valence-electron chi connectivity index (χ0n) is 15.0. The maximum absolute atomic E-state index is 13.3. The van der Waals surface area contributed by atoms with E-state index in [1.54, 1.807) is 23.5 Å². The highest BCUT2D eigenvalue weighted by Gasteiger charge is 2.23. The average Bonchev–Trinajstić information content (AvgIpc) is 3.47. The predicted octanol–water partition coefficient (Wildman–Crippen LogP) is 5.48. The number of fused-ring (bicyclic) bond motifs is 1. The molecule has 0 aliphatic carbocycles. The molecule has 0 bridgehead atoms. The van der Waals surface area contributed by atoms with E-state index in [0.29, 0.717) is 28.7 Å². The lowest BCUT2D eigenvalue weighted by atomic mass is 10.1. The van der Waals surface area contributed by atoms with E-state index in [4.69, 9.17) is 4.42 Å². The first kappa shape index (κ1) is 17.8. The van der Waals surface area contributed by atoms with E-state index in [1.165, 1.54) is 34.8 Å². The van der Waals surface area contributed by atoms with Crippen molar-refractivity contribution in [1.82, 2.24) is 14.4 Å². The molecule has 0 unspecified atom stereocenters. The second-order valence-electron chi connectivity index (χ2n) is 6.23. The molecule has 6 nitrogen and oxygen atoms in total. The van der Waals surface area contributed by atoms with Crippen molar-refractivity contribution in [2.75, 3.05) is 5.32 Å². The van der Waals surface area contributed by atoms with Gasteiger partial charge in [-0.1, -0.05) is 6.07 Å². The van der Waals surface area contributed by atoms with Crippen LogP contribution < -0.4 is 5.32 Å². The number of nitrogens with one attached hydrogen (secondary N) is 1. The van der Waals surface area contributed by atoms with Crippen molar-refractivity contribution < 1.29 is 13.6 Å². The number of hydrogen-bond donors (Lipinski definition) is 1. The summed E-state index contributed by atoms with van der Waals surface area (Å²) in [5.41, 5.74) is 1.47. The van der Waals surface area contributed by atoms with Gasteiger partial charge in [0.1, 0.15) is 23.1 Å². The van der Waals surface area contributed by atoms with Crippen LogP contribution in [0.15, 0.2) is 57.8 Å². The standard InChI is InChI=1S/C20H13FN4O2S2/c1-11-15(22-19(27-11)14-3-2-9-28-14)18(26)24-17-16(12-4-6-13(21)7-5-12)23-20-25(17)8-10-29-20/h2-10H,1H3,(H,24,26). The number of imidazole rings is 1. The zero-order valence-corrected chi connectivity index (χ0v) is 16.7. The number of benzene rings is 1. The fourth-order valence-electron chi connectivity index (χ4n) is 2.99. The number of aryl methyl sites for hydroxylation is 1. The molecule has 1 aromatic carbocycles. The Morgan fingerprint density at radius 2 is 1.97 bits per heavy atom. The maximum atomic E-state index is 13.3. The minimum absolute atomic E-state index is 0.212. The number of rotatable bonds is 4. The lowest BCUT2D eigenvalue weighted by Crippen LogP contribution is -2.15. The molecule has 0 aliphatic rings. The molecule has 4 aromatic heterocycles. The molecule has 0 radical (unpaired) electrons. The van der Waals surface area contributed by atoms with Gasteiger partial charge in [-0.15, -0.1) is 22.7 Å². The van der Waals surface area contributed by atoms with Crippen LogP contribution in [0.1, 0.15) is 16.2 Å². The van der Waals surface area contributed by atoms with Gasteiger partial charge >= 0.3 is 0 Å². The van der Waals surface area contributed by atoms with Gasteiger partial charge in [0.2, 0.25) is 5.89 Å². The maximum Gasteiger partial charge on any atom is 0.279 e. The lowest BCUT2D eigenvalue weighted by molar-refractivity contribution is 0.102. The van der Waals surface area contributed by atoms with Gasteiger partial charge in [-0.2, -0.15) is 0 Å². The summed E-state index contributed by atoms with van der Waals surface area (Å²) in [6.07, 6.45) is 1.82. The number of carbonyl (C=O) groups is 1. The number of thiazole rings is 1. The molecule has 0 atom stereocenters. The van der Waals surface area contributed by atoms with Crippen molar-refractivity contribution in [3.05, 3.63) is 70.6 Å². The van der Waals surface area contributed by atoms with Crippen molar-refractivity contribution >= 4 is 39.4 Å². The SMILES string of the molecule is Cc1oc(-c2cccs2)nc1C(=O)Nc1c(-c2ccc(F)cc2)nc2sccn12. The number of halogens is 1. The molecule has 144 valence electrons. The first-order valence-electron chi connectivity index (χ1n) is 8.64. The minimum atomic E-state index is -0.398. The van der Waals surface area contributed by atoms with Crippen molar-refractivity contribution in [3.63, 3.8) is 0 Å². The van der Waals surface area contributed by atoms with Gasteiger partial charge in [-0.05, 0) is 42.6 Å². The van der Waals surface area contributed by atoms with Crippen molar-refractivity contribution in [2.24, 2.45) is 0 Å². The summed E-state index contributed by atoms with van der Waals surface area (Å²) < 4.78 is 20.8. The topological polar surface area (TPSA) is 72.4 Å². The first-order valence-corrected chi connectivity index (χ1v) is 10.4. The highest BCUT2D eigenvalue weighted by atomic mass is 32.1. The van der Waals surface area contributed by atoms with E-state index in [2.05, 4.69) is 15.3 Å². The lowest BCUT2D eigenvalue weighted by Gasteiger charge is -2.06. The molecular weight excluding hydrogens is 411 g/mol. The second kappa shape index (κ2) is 6.94. The molecule has 0 saturated heterocycles. The normalized spacial score (nSPS) is 11.2. The average molecular weight is 424 g/mol. The third-order valence-electron chi connectivity index (χ3n) is 4.36. The molecule has 1 amide bonds. The number of nitrogens with zero attached hydrogens (tertiary/aromatic N) is 3. The fraction of sp³-hybridized carbons (Fsp3) is 0.0500. The Hall–Kier alpha value is -3.30. The van der Waals surface area contributed by atoms with E-state index in [9.17, 15) is 9.18 Å². The fourth-order valence-corrected chi connectivity index (χ4v) is 4.36. The van der Waals surface area contributed by atoms with Crippen LogP contribution in [0.3, 0.4) is 0 Å². The zero-order chi connectivity index (χ0) is 20.0. The summed E-state index contributed by atoms with van der Waals surface area (Å²) in [5.74, 6) is 0.610. The molecule has 4 heterocycles. The number of oxazole rings is 1. The van der Waals surface area contributed by atoms with Crippen molar-refractivity contribution in [1.29, 1.82) is 0 Å². The minimum Gasteiger partial charge on any atom is -0.440 e. The van der Waals surface area contributed by atoms with Gasteiger partial charge in [0.15, 0.2) is 10.7 Å². The predicted molar refractivity (Wildman–Crippen MR) is 111 cm³/mol. The summed E-state index contributed by atoms with van der Waals surface area (Å²) in [7, 11) is 0. The monoisotopic (exact) mass is 424 g/mol. The molecule has 1 N–H and O–H groups in total. The largest absolute Gasteiger partial charge is 0.440 e. The summed E-state index contributed by atoms with van der Waals surface area (Å²) >= 11 is 2.93. The van der Waals surface area contributed by atoms with Crippen LogP contribution in [0, 0.1) is 12.7 Å². The van der Waals surface area contributed by atoms with E-state index >= 15 is 0 Å². The van der Waals surface area contributed by atoms with Crippen molar-refractivity contribution in [3.8, 4) is 22.0 Å². The molecule has 0 aliphatic heterocycles. The molecular formula is C20H13FN4O2S2. The van der Waals surface area contributed by atoms with Gasteiger partial charge in [0.25, 0.3) is 5.91 Å². The van der Waals surface area contributed by atoms with Gasteiger partial charge in [0.05, 0.1) is 4.88 Å². The number of aromatic nitrogens is 3. The molecule has 0 saturated carbocycles. The Balaban J connectivity index is 1.53. The van der Waals surface area contributed by atoms with Crippen LogP contribution in [-0.2, 0) is 0 Å². The van der Waals surface area contributed by atoms with E-state index < -0.39 is 5.91 Å². The van der Waals surface area contributed by atoms with Crippen LogP contribution in [0.4, 0.5) is 10.2 Å². The summed E-state index contributed by atoms with van der Waals surface area (Å²) in [6.45, 7) is 1.70. The van der Waals surface area contributed by atoms with Crippen molar-refractivity contribution in [2.45, 2.75) is 6.92 Å². The van der Waals surface area contributed by atoms with Gasteiger partial charge in [0, 0.05) is 17.1 Å². The van der Waals surface area contributed by atoms with Crippen LogP contribution in [-0.4, -0.2) is 20.3 Å². The van der Waals surface area contributed by atoms with Crippen LogP contribution >= 0.6 is 22.7 Å². The summed E-state index contributed by atoms with van der Waals surface area (Å²) in [4.78, 5) is 23.5. The highest BCUT2D eigenvalue weighted by Crippen LogP contribution is 2.32. The summed E-state index contributed by atoms with van der Waals surface area (Å²) in [6, 6.07) is 9.78. The molecule has 5 aromatic rings. The third kappa shape index (κ3) is 3.14. The number of thiophene rings is 1. The number of hydrogen-bond acceptors (Lipinski definition) is 6. The van der Waals surface area contributed by atoms with E-state index in [0.717, 1.165) is 9.84 Å². The van der Waals surface area contributed by atoms with Crippen LogP contribution in [0.2, 0.25) is 0 Å². The number of amides is 1. The van der Waals surface area contributed by atoms with Gasteiger partial charge in [-0.3, -0.25) is 9.20 Å². The van der Waals surface area contributed by atoms with E-state index in [1.807, 2.05) is 29.1 Å². The first-order chi connectivity index (χ1) is 14.1. The Kier molecular flexibility index (Phi) is 4.26. The molecule has 0 fully saturated rings. The quantitative estimate of drug-likeness (QED) is 0.415. The number of anilines is 1. The summed E-state index contributed by atoms with van der Waals surface area (Å²) in [5, 5.41) is 6.70. The van der Waals surface area contributed by atoms with Crippen LogP contribution in [0.25, 0.3) is 27.0 Å². The molecule has 29 heavy (non-hydrogen) atoms. The van der Waals surface area contributed by atoms with Crippen LogP contribution in [0.5, 0.6) is 0 Å². The highest BCUT2D eigenvalue weighted by molar-refractivity contribution is 7.15. The molecule has 9 heteroatoms. The number of carbonyl (C=O) groups excluding carboxylic acids is 1. The van der Waals surface area contributed by atoms with Gasteiger partial charge in [-0.25, -0.2) is 14.4 Å². The van der Waals surface area contributed by atoms with E-state index in [-0.39, 0.29) is 11.5 Å². The molecule has 0 spiro atoms. The Morgan fingerprint density at radius 3 is 2.72 bits per heavy atom. The Bertz CT molecular complexity index is 1320.